The normalized spacial score (nSPS) is 11.2. The summed E-state index contributed by atoms with van der Waals surface area (Å²) in [4.78, 5) is 14.3. The van der Waals surface area contributed by atoms with Crippen molar-refractivity contribution in [3.63, 3.8) is 0 Å². The second-order valence-corrected chi connectivity index (χ2v) is 8.40. The van der Waals surface area contributed by atoms with Crippen LogP contribution in [0.15, 0.2) is 64.5 Å². The molecule has 0 aliphatic heterocycles. The summed E-state index contributed by atoms with van der Waals surface area (Å²) in [6.45, 7) is 5.87. The zero-order valence-electron chi connectivity index (χ0n) is 14.8. The van der Waals surface area contributed by atoms with Gasteiger partial charge in [-0.2, -0.15) is 0 Å². The lowest BCUT2D eigenvalue weighted by Gasteiger charge is -2.21. The predicted octanol–water partition coefficient (Wildman–Crippen LogP) is 3.71. The van der Waals surface area contributed by atoms with Crippen LogP contribution in [0.1, 0.15) is 22.8 Å². The Labute approximate surface area is 167 Å². The number of benzene rings is 2. The summed E-state index contributed by atoms with van der Waals surface area (Å²) < 4.78 is 41.2. The fourth-order valence-electron chi connectivity index (χ4n) is 2.41. The molecule has 0 unspecified atom stereocenters. The van der Waals surface area contributed by atoms with E-state index in [0.717, 1.165) is 4.47 Å². The standard InChI is InChI=1S/C19H20BrFN2O3S/c1-3-11-22-27(25,26)17-8-5-14(6-9-17)19(24)23(4-2)13-15-12-16(20)7-10-18(15)21/h3,5-10,12,22H,1,4,11,13H2,2H3. The molecule has 0 aliphatic carbocycles. The number of halogens is 2. The number of sulfonamides is 1. The Morgan fingerprint density at radius 1 is 1.26 bits per heavy atom. The topological polar surface area (TPSA) is 66.5 Å². The fourth-order valence-corrected chi connectivity index (χ4v) is 3.82. The fraction of sp³-hybridized carbons (Fsp3) is 0.211. The number of rotatable bonds is 8. The molecule has 0 saturated heterocycles. The molecule has 0 atom stereocenters. The number of nitrogens with one attached hydrogen (secondary N) is 1. The van der Waals surface area contributed by atoms with Crippen LogP contribution in [0.2, 0.25) is 0 Å². The van der Waals surface area contributed by atoms with E-state index in [1.165, 1.54) is 41.3 Å². The Morgan fingerprint density at radius 3 is 2.52 bits per heavy atom. The van der Waals surface area contributed by atoms with Gasteiger partial charge in [-0.05, 0) is 49.4 Å². The molecule has 0 bridgehead atoms. The Bertz CT molecular complexity index is 930. The average Bonchev–Trinajstić information content (AvgIpc) is 2.66. The highest BCUT2D eigenvalue weighted by molar-refractivity contribution is 9.10. The number of hydrogen-bond donors (Lipinski definition) is 1. The zero-order valence-corrected chi connectivity index (χ0v) is 17.2. The smallest absolute Gasteiger partial charge is 0.254 e. The van der Waals surface area contributed by atoms with Gasteiger partial charge in [-0.3, -0.25) is 4.79 Å². The lowest BCUT2D eigenvalue weighted by Crippen LogP contribution is -2.30. The van der Waals surface area contributed by atoms with E-state index in [9.17, 15) is 17.6 Å². The van der Waals surface area contributed by atoms with E-state index in [-0.39, 0.29) is 29.7 Å². The summed E-state index contributed by atoms with van der Waals surface area (Å²) in [6.07, 6.45) is 1.44. The minimum Gasteiger partial charge on any atom is -0.334 e. The molecule has 144 valence electrons. The molecule has 1 N–H and O–H groups in total. The van der Waals surface area contributed by atoms with Crippen molar-refractivity contribution in [2.24, 2.45) is 0 Å². The summed E-state index contributed by atoms with van der Waals surface area (Å²) in [5.74, 6) is -0.695. The molecule has 2 aromatic carbocycles. The minimum atomic E-state index is -3.65. The highest BCUT2D eigenvalue weighted by Gasteiger charge is 2.18. The third kappa shape index (κ3) is 5.47. The molecular formula is C19H20BrFN2O3S. The molecular weight excluding hydrogens is 435 g/mol. The predicted molar refractivity (Wildman–Crippen MR) is 106 cm³/mol. The molecule has 5 nitrogen and oxygen atoms in total. The molecule has 0 radical (unpaired) electrons. The van der Waals surface area contributed by atoms with Crippen LogP contribution < -0.4 is 4.72 Å². The summed E-state index contributed by atoms with van der Waals surface area (Å²) in [5.41, 5.74) is 0.724. The summed E-state index contributed by atoms with van der Waals surface area (Å²) in [7, 11) is -3.65. The third-order valence-corrected chi connectivity index (χ3v) is 5.80. The van der Waals surface area contributed by atoms with E-state index in [1.54, 1.807) is 19.1 Å². The van der Waals surface area contributed by atoms with Crippen molar-refractivity contribution in [1.29, 1.82) is 0 Å². The summed E-state index contributed by atoms with van der Waals surface area (Å²) >= 11 is 3.30. The monoisotopic (exact) mass is 454 g/mol. The molecule has 8 heteroatoms. The maximum absolute atomic E-state index is 14.0. The molecule has 1 amide bonds. The Hall–Kier alpha value is -2.03. The van der Waals surface area contributed by atoms with E-state index >= 15 is 0 Å². The second-order valence-electron chi connectivity index (χ2n) is 5.72. The summed E-state index contributed by atoms with van der Waals surface area (Å²) in [6, 6.07) is 10.2. The van der Waals surface area contributed by atoms with E-state index in [0.29, 0.717) is 17.7 Å². The van der Waals surface area contributed by atoms with E-state index in [1.807, 2.05) is 0 Å². The van der Waals surface area contributed by atoms with Crippen LogP contribution in [0.3, 0.4) is 0 Å². The van der Waals surface area contributed by atoms with Gasteiger partial charge >= 0.3 is 0 Å². The van der Waals surface area contributed by atoms with Gasteiger partial charge in [0.2, 0.25) is 10.0 Å². The van der Waals surface area contributed by atoms with Gasteiger partial charge < -0.3 is 4.90 Å². The van der Waals surface area contributed by atoms with Gasteiger partial charge in [0, 0.05) is 35.2 Å². The van der Waals surface area contributed by atoms with Crippen molar-refractivity contribution in [3.8, 4) is 0 Å². The molecule has 0 saturated carbocycles. The molecule has 0 aliphatic rings. The van der Waals surface area contributed by atoms with Crippen molar-refractivity contribution in [1.82, 2.24) is 9.62 Å². The Balaban J connectivity index is 2.20. The van der Waals surface area contributed by atoms with Gasteiger partial charge in [-0.25, -0.2) is 17.5 Å². The quantitative estimate of drug-likeness (QED) is 0.618. The Morgan fingerprint density at radius 2 is 1.93 bits per heavy atom. The van der Waals surface area contributed by atoms with Crippen molar-refractivity contribution >= 4 is 31.9 Å². The van der Waals surface area contributed by atoms with Crippen LogP contribution in [0, 0.1) is 5.82 Å². The van der Waals surface area contributed by atoms with Crippen LogP contribution in [-0.2, 0) is 16.6 Å². The van der Waals surface area contributed by atoms with Crippen molar-refractivity contribution in [2.75, 3.05) is 13.1 Å². The zero-order chi connectivity index (χ0) is 20.0. The van der Waals surface area contributed by atoms with Crippen LogP contribution in [0.4, 0.5) is 4.39 Å². The van der Waals surface area contributed by atoms with Crippen LogP contribution in [0.5, 0.6) is 0 Å². The van der Waals surface area contributed by atoms with Crippen LogP contribution >= 0.6 is 15.9 Å². The van der Waals surface area contributed by atoms with Gasteiger partial charge in [0.15, 0.2) is 0 Å². The number of amides is 1. The van der Waals surface area contributed by atoms with Gasteiger partial charge in [-0.1, -0.05) is 22.0 Å². The molecule has 2 aromatic rings. The lowest BCUT2D eigenvalue weighted by atomic mass is 10.1. The van der Waals surface area contributed by atoms with E-state index in [4.69, 9.17) is 0 Å². The SMILES string of the molecule is C=CCNS(=O)(=O)c1ccc(C(=O)N(CC)Cc2cc(Br)ccc2F)cc1. The molecule has 0 heterocycles. The van der Waals surface area contributed by atoms with Gasteiger partial charge in [0.25, 0.3) is 5.91 Å². The van der Waals surface area contributed by atoms with E-state index in [2.05, 4.69) is 27.2 Å². The molecule has 0 aromatic heterocycles. The highest BCUT2D eigenvalue weighted by atomic mass is 79.9. The molecule has 2 rings (SSSR count). The third-order valence-electron chi connectivity index (χ3n) is 3.87. The Kier molecular flexibility index (Phi) is 7.29. The first-order chi connectivity index (χ1) is 12.8. The second kappa shape index (κ2) is 9.25. The van der Waals surface area contributed by atoms with Crippen molar-refractivity contribution in [3.05, 3.63) is 76.5 Å². The van der Waals surface area contributed by atoms with Crippen LogP contribution in [-0.4, -0.2) is 32.3 Å². The van der Waals surface area contributed by atoms with Gasteiger partial charge in [0.05, 0.1) is 4.90 Å². The number of hydrogen-bond acceptors (Lipinski definition) is 3. The largest absolute Gasteiger partial charge is 0.334 e. The first kappa shape index (κ1) is 21.3. The molecule has 27 heavy (non-hydrogen) atoms. The number of carbonyl (C=O) groups excluding carboxylic acids is 1. The van der Waals surface area contributed by atoms with Crippen molar-refractivity contribution in [2.45, 2.75) is 18.4 Å². The van der Waals surface area contributed by atoms with Crippen LogP contribution in [0.25, 0.3) is 0 Å². The summed E-state index contributed by atoms with van der Waals surface area (Å²) in [5, 5.41) is 0. The maximum Gasteiger partial charge on any atom is 0.254 e. The maximum atomic E-state index is 14.0. The van der Waals surface area contributed by atoms with Gasteiger partial charge in [0.1, 0.15) is 5.82 Å². The molecule has 0 fully saturated rings. The number of nitrogens with zero attached hydrogens (tertiary/aromatic N) is 1. The first-order valence-electron chi connectivity index (χ1n) is 8.22. The van der Waals surface area contributed by atoms with E-state index < -0.39 is 10.0 Å². The van der Waals surface area contributed by atoms with Crippen molar-refractivity contribution < 1.29 is 17.6 Å². The first-order valence-corrected chi connectivity index (χ1v) is 10.5. The average molecular weight is 455 g/mol. The number of carbonyl (C=O) groups is 1. The lowest BCUT2D eigenvalue weighted by molar-refractivity contribution is 0.0751. The highest BCUT2D eigenvalue weighted by Crippen LogP contribution is 2.19. The minimum absolute atomic E-state index is 0.0574. The van der Waals surface area contributed by atoms with Gasteiger partial charge in [-0.15, -0.1) is 6.58 Å². The molecule has 0 spiro atoms.